The molecule has 5 nitrogen and oxygen atoms in total. The van der Waals surface area contributed by atoms with E-state index in [0.717, 1.165) is 28.0 Å². The highest BCUT2D eigenvalue weighted by Gasteiger charge is 2.24. The van der Waals surface area contributed by atoms with Crippen molar-refractivity contribution in [2.75, 3.05) is 26.3 Å². The van der Waals surface area contributed by atoms with Gasteiger partial charge in [-0.1, -0.05) is 29.1 Å². The molecule has 0 N–H and O–H groups in total. The Labute approximate surface area is 185 Å². The Morgan fingerprint density at radius 2 is 2.00 bits per heavy atom. The molecule has 3 aromatic rings. The number of fused-ring (bicyclic) bond motifs is 1. The zero-order chi connectivity index (χ0) is 21.4. The molecule has 1 amide bonds. The van der Waals surface area contributed by atoms with Gasteiger partial charge in [-0.25, -0.2) is 4.98 Å². The summed E-state index contributed by atoms with van der Waals surface area (Å²) in [6.45, 7) is 4.15. The van der Waals surface area contributed by atoms with E-state index in [4.69, 9.17) is 39.3 Å². The lowest BCUT2D eigenvalue weighted by Gasteiger charge is -2.27. The van der Waals surface area contributed by atoms with Crippen LogP contribution in [0.25, 0.3) is 11.0 Å². The number of rotatable bonds is 3. The van der Waals surface area contributed by atoms with E-state index in [0.29, 0.717) is 53.9 Å². The van der Waals surface area contributed by atoms with Gasteiger partial charge in [-0.05, 0) is 42.3 Å². The van der Waals surface area contributed by atoms with Gasteiger partial charge in [0.1, 0.15) is 5.82 Å². The normalized spacial score (nSPS) is 14.2. The SMILES string of the molecule is C#Cc1cc(C)c2nc(Cc3c(Cl)ccc(C(=O)N4CCOCC4)c3Cl)n(C)c2c1. The molecule has 0 unspecified atom stereocenters. The molecule has 1 aliphatic rings. The number of hydrogen-bond donors (Lipinski definition) is 0. The molecular weight excluding hydrogens is 421 g/mol. The third kappa shape index (κ3) is 3.67. The molecule has 2 heterocycles. The zero-order valence-electron chi connectivity index (χ0n) is 16.8. The Morgan fingerprint density at radius 3 is 2.70 bits per heavy atom. The van der Waals surface area contributed by atoms with Crippen LogP contribution >= 0.6 is 23.2 Å². The highest BCUT2D eigenvalue weighted by Crippen LogP contribution is 2.32. The van der Waals surface area contributed by atoms with Crippen molar-refractivity contribution in [2.45, 2.75) is 13.3 Å². The predicted molar refractivity (Wildman–Crippen MR) is 119 cm³/mol. The molecule has 30 heavy (non-hydrogen) atoms. The molecule has 0 atom stereocenters. The van der Waals surface area contributed by atoms with Crippen LogP contribution in [0.5, 0.6) is 0 Å². The van der Waals surface area contributed by atoms with E-state index in [1.54, 1.807) is 17.0 Å². The van der Waals surface area contributed by atoms with Crippen molar-refractivity contribution in [1.82, 2.24) is 14.5 Å². The van der Waals surface area contributed by atoms with Crippen molar-refractivity contribution in [3.05, 3.63) is 62.4 Å². The van der Waals surface area contributed by atoms with Crippen LogP contribution in [0.15, 0.2) is 24.3 Å². The van der Waals surface area contributed by atoms with Gasteiger partial charge in [-0.15, -0.1) is 6.42 Å². The number of aromatic nitrogens is 2. The van der Waals surface area contributed by atoms with Crippen molar-refractivity contribution in [2.24, 2.45) is 7.05 Å². The van der Waals surface area contributed by atoms with Gasteiger partial charge >= 0.3 is 0 Å². The van der Waals surface area contributed by atoms with E-state index in [9.17, 15) is 4.79 Å². The molecule has 0 radical (unpaired) electrons. The van der Waals surface area contributed by atoms with Gasteiger partial charge in [0.15, 0.2) is 0 Å². The smallest absolute Gasteiger partial charge is 0.255 e. The molecule has 1 aliphatic heterocycles. The van der Waals surface area contributed by atoms with Gasteiger partial charge in [-0.3, -0.25) is 4.79 Å². The second-order valence-electron chi connectivity index (χ2n) is 7.36. The summed E-state index contributed by atoms with van der Waals surface area (Å²) in [7, 11) is 1.94. The van der Waals surface area contributed by atoms with Crippen LogP contribution in [-0.2, 0) is 18.2 Å². The number of amides is 1. The molecule has 0 aliphatic carbocycles. The topological polar surface area (TPSA) is 47.4 Å². The Bertz CT molecular complexity index is 1190. The Morgan fingerprint density at radius 1 is 1.27 bits per heavy atom. The number of aryl methyl sites for hydroxylation is 2. The average molecular weight is 442 g/mol. The first-order valence-electron chi connectivity index (χ1n) is 9.67. The zero-order valence-corrected chi connectivity index (χ0v) is 18.3. The quantitative estimate of drug-likeness (QED) is 0.571. The molecule has 7 heteroatoms. The molecule has 0 spiro atoms. The minimum absolute atomic E-state index is 0.110. The number of nitrogens with zero attached hydrogens (tertiary/aromatic N) is 3. The van der Waals surface area contributed by atoms with Crippen molar-refractivity contribution in [1.29, 1.82) is 0 Å². The summed E-state index contributed by atoms with van der Waals surface area (Å²) in [5.41, 5.74) is 4.79. The van der Waals surface area contributed by atoms with E-state index in [2.05, 4.69) is 5.92 Å². The first-order valence-corrected chi connectivity index (χ1v) is 10.4. The summed E-state index contributed by atoms with van der Waals surface area (Å²) >= 11 is 13.2. The third-order valence-electron chi connectivity index (χ3n) is 5.49. The maximum absolute atomic E-state index is 13.0. The van der Waals surface area contributed by atoms with Gasteiger partial charge in [0, 0.05) is 37.1 Å². The monoisotopic (exact) mass is 441 g/mol. The van der Waals surface area contributed by atoms with E-state index in [1.165, 1.54) is 0 Å². The number of benzene rings is 2. The second kappa shape index (κ2) is 8.31. The van der Waals surface area contributed by atoms with Gasteiger partial charge in [0.25, 0.3) is 5.91 Å². The summed E-state index contributed by atoms with van der Waals surface area (Å²) in [5, 5.41) is 0.874. The lowest BCUT2D eigenvalue weighted by molar-refractivity contribution is 0.0303. The fourth-order valence-corrected chi connectivity index (χ4v) is 4.35. The number of imidazole rings is 1. The average Bonchev–Trinajstić information content (AvgIpc) is 3.07. The maximum Gasteiger partial charge on any atom is 0.255 e. The maximum atomic E-state index is 13.0. The Hall–Kier alpha value is -2.52. The van der Waals surface area contributed by atoms with Gasteiger partial charge in [0.2, 0.25) is 0 Å². The summed E-state index contributed by atoms with van der Waals surface area (Å²) in [4.78, 5) is 19.5. The summed E-state index contributed by atoms with van der Waals surface area (Å²) < 4.78 is 7.33. The molecule has 0 saturated carbocycles. The fraction of sp³-hybridized carbons (Fsp3) is 0.304. The molecule has 1 aromatic heterocycles. The minimum Gasteiger partial charge on any atom is -0.378 e. The third-order valence-corrected chi connectivity index (χ3v) is 6.27. The first-order chi connectivity index (χ1) is 14.4. The van der Waals surface area contributed by atoms with Crippen LogP contribution in [-0.4, -0.2) is 46.7 Å². The molecule has 2 aromatic carbocycles. The van der Waals surface area contributed by atoms with Crippen LogP contribution in [0.3, 0.4) is 0 Å². The molecule has 1 fully saturated rings. The molecule has 1 saturated heterocycles. The number of ether oxygens (including phenoxy) is 1. The summed E-state index contributed by atoms with van der Waals surface area (Å²) in [6.07, 6.45) is 5.98. The Kier molecular flexibility index (Phi) is 5.75. The molecular formula is C23H21Cl2N3O2. The number of carbonyl (C=O) groups excluding carboxylic acids is 1. The highest BCUT2D eigenvalue weighted by atomic mass is 35.5. The summed E-state index contributed by atoms with van der Waals surface area (Å²) in [6, 6.07) is 7.30. The van der Waals surface area contributed by atoms with Gasteiger partial charge < -0.3 is 14.2 Å². The minimum atomic E-state index is -0.110. The van der Waals surface area contributed by atoms with Crippen molar-refractivity contribution >= 4 is 40.1 Å². The van der Waals surface area contributed by atoms with E-state index < -0.39 is 0 Å². The highest BCUT2D eigenvalue weighted by molar-refractivity contribution is 6.38. The lowest BCUT2D eigenvalue weighted by atomic mass is 10.1. The van der Waals surface area contributed by atoms with Crippen molar-refractivity contribution < 1.29 is 9.53 Å². The number of terminal acetylenes is 1. The van der Waals surface area contributed by atoms with Gasteiger partial charge in [0.05, 0.1) is 34.8 Å². The van der Waals surface area contributed by atoms with Crippen LogP contribution < -0.4 is 0 Å². The summed E-state index contributed by atoms with van der Waals surface area (Å²) in [5.74, 6) is 3.36. The fourth-order valence-electron chi connectivity index (χ4n) is 3.77. The van der Waals surface area contributed by atoms with Crippen LogP contribution in [0.2, 0.25) is 10.0 Å². The molecule has 0 bridgehead atoms. The second-order valence-corrected chi connectivity index (χ2v) is 8.15. The number of morpholine rings is 1. The van der Waals surface area contributed by atoms with Crippen molar-refractivity contribution in [3.8, 4) is 12.3 Å². The number of halogens is 2. The number of carbonyl (C=O) groups is 1. The molecule has 154 valence electrons. The van der Waals surface area contributed by atoms with E-state index in [1.807, 2.05) is 30.7 Å². The van der Waals surface area contributed by atoms with E-state index in [-0.39, 0.29) is 5.91 Å². The lowest BCUT2D eigenvalue weighted by Crippen LogP contribution is -2.40. The Balaban J connectivity index is 1.73. The largest absolute Gasteiger partial charge is 0.378 e. The van der Waals surface area contributed by atoms with Crippen LogP contribution in [0.4, 0.5) is 0 Å². The van der Waals surface area contributed by atoms with E-state index >= 15 is 0 Å². The van der Waals surface area contributed by atoms with Gasteiger partial charge in [-0.2, -0.15) is 0 Å². The first kappa shape index (κ1) is 20.7. The number of hydrogen-bond acceptors (Lipinski definition) is 3. The standard InChI is InChI=1S/C23H21Cl2N3O2/c1-4-15-11-14(2)22-19(12-15)27(3)20(26-22)13-17-18(24)6-5-16(21(17)25)23(29)28-7-9-30-10-8-28/h1,5-6,11-12H,7-10,13H2,2-3H3. The predicted octanol–water partition coefficient (Wildman–Crippen LogP) is 4.23. The van der Waals surface area contributed by atoms with Crippen molar-refractivity contribution in [3.63, 3.8) is 0 Å². The van der Waals surface area contributed by atoms with Crippen LogP contribution in [0.1, 0.15) is 32.9 Å². The molecule has 4 rings (SSSR count). The van der Waals surface area contributed by atoms with Crippen LogP contribution in [0, 0.1) is 19.3 Å².